The molecule has 20 heavy (non-hydrogen) atoms. The van der Waals surface area contributed by atoms with Crippen LogP contribution in [0.3, 0.4) is 0 Å². The Hall–Kier alpha value is -1.90. The number of carbonyl (C=O) groups is 1. The van der Waals surface area contributed by atoms with E-state index in [0.717, 1.165) is 6.42 Å². The van der Waals surface area contributed by atoms with Gasteiger partial charge in [-0.2, -0.15) is 0 Å². The second-order valence-electron chi connectivity index (χ2n) is 5.01. The van der Waals surface area contributed by atoms with Gasteiger partial charge < -0.3 is 15.1 Å². The number of hydrogen-bond acceptors (Lipinski definition) is 4. The van der Waals surface area contributed by atoms with Gasteiger partial charge in [-0.1, -0.05) is 18.8 Å². The first-order chi connectivity index (χ1) is 9.61. The number of pyridine rings is 1. The van der Waals surface area contributed by atoms with E-state index in [0.29, 0.717) is 24.2 Å². The Labute approximate surface area is 118 Å². The first kappa shape index (κ1) is 14.5. The Morgan fingerprint density at radius 1 is 1.55 bits per heavy atom. The van der Waals surface area contributed by atoms with Crippen molar-refractivity contribution < 1.29 is 15.0 Å². The van der Waals surface area contributed by atoms with Gasteiger partial charge in [0.2, 0.25) is 0 Å². The van der Waals surface area contributed by atoms with Crippen LogP contribution in [-0.2, 0) is 0 Å². The first-order valence-electron chi connectivity index (χ1n) is 6.64. The number of aromatic nitrogens is 1. The molecule has 2 heterocycles. The maximum Gasteiger partial charge on any atom is 0.255 e. The molecule has 0 radical (unpaired) electrons. The van der Waals surface area contributed by atoms with Crippen LogP contribution in [0.2, 0.25) is 0 Å². The van der Waals surface area contributed by atoms with Gasteiger partial charge >= 0.3 is 0 Å². The maximum absolute atomic E-state index is 12.4. The normalized spacial score (nSPS) is 22.1. The third-order valence-electron chi connectivity index (χ3n) is 3.50. The van der Waals surface area contributed by atoms with Crippen LogP contribution in [0.5, 0.6) is 0 Å². The maximum atomic E-state index is 12.4. The Bertz CT molecular complexity index is 548. The number of likely N-dealkylation sites (tertiary alicyclic amines) is 1. The summed E-state index contributed by atoms with van der Waals surface area (Å²) in [6.07, 6.45) is 3.37. The molecule has 1 amide bonds. The fourth-order valence-electron chi connectivity index (χ4n) is 2.18. The Balaban J connectivity index is 2.13. The number of piperidine rings is 1. The summed E-state index contributed by atoms with van der Waals surface area (Å²) >= 11 is 0. The van der Waals surface area contributed by atoms with Crippen molar-refractivity contribution in [2.45, 2.75) is 19.4 Å². The van der Waals surface area contributed by atoms with E-state index in [4.69, 9.17) is 5.11 Å². The summed E-state index contributed by atoms with van der Waals surface area (Å²) in [6, 6.07) is 1.66. The van der Waals surface area contributed by atoms with Gasteiger partial charge in [-0.25, -0.2) is 0 Å². The first-order valence-corrected chi connectivity index (χ1v) is 6.64. The van der Waals surface area contributed by atoms with Gasteiger partial charge in [0.25, 0.3) is 5.91 Å². The average Bonchev–Trinajstić information content (AvgIpc) is 2.47. The summed E-state index contributed by atoms with van der Waals surface area (Å²) in [4.78, 5) is 18.0. The lowest BCUT2D eigenvalue weighted by molar-refractivity contribution is 0.0248. The van der Waals surface area contributed by atoms with Crippen LogP contribution in [0.25, 0.3) is 0 Å². The molecule has 1 aliphatic rings. The lowest BCUT2D eigenvalue weighted by Gasteiger charge is -2.34. The smallest absolute Gasteiger partial charge is 0.255 e. The summed E-state index contributed by atoms with van der Waals surface area (Å²) in [5.74, 6) is 5.33. The lowest BCUT2D eigenvalue weighted by Crippen LogP contribution is -2.45. The molecule has 0 aliphatic carbocycles. The van der Waals surface area contributed by atoms with Gasteiger partial charge in [0.1, 0.15) is 6.61 Å². The fraction of sp³-hybridized carbons (Fsp3) is 0.467. The second-order valence-corrected chi connectivity index (χ2v) is 5.01. The second kappa shape index (κ2) is 6.51. The van der Waals surface area contributed by atoms with E-state index < -0.39 is 6.10 Å². The minimum Gasteiger partial charge on any atom is -0.391 e. The van der Waals surface area contributed by atoms with E-state index in [1.165, 1.54) is 6.20 Å². The minimum atomic E-state index is -0.474. The van der Waals surface area contributed by atoms with E-state index in [-0.39, 0.29) is 18.4 Å². The summed E-state index contributed by atoms with van der Waals surface area (Å²) in [7, 11) is 0. The van der Waals surface area contributed by atoms with Crippen molar-refractivity contribution in [2.75, 3.05) is 19.7 Å². The van der Waals surface area contributed by atoms with Gasteiger partial charge in [-0.05, 0) is 18.4 Å². The molecule has 5 heteroatoms. The number of aliphatic hydroxyl groups excluding tert-OH is 2. The van der Waals surface area contributed by atoms with Crippen LogP contribution in [-0.4, -0.2) is 51.8 Å². The number of aliphatic hydroxyl groups is 2. The van der Waals surface area contributed by atoms with Crippen LogP contribution in [0.1, 0.15) is 29.3 Å². The van der Waals surface area contributed by atoms with Gasteiger partial charge in [0.15, 0.2) is 0 Å². The van der Waals surface area contributed by atoms with Crippen LogP contribution in [0.15, 0.2) is 18.5 Å². The molecule has 1 aromatic heterocycles. The zero-order valence-corrected chi connectivity index (χ0v) is 11.4. The number of hydrogen-bond donors (Lipinski definition) is 2. The SMILES string of the molecule is CC1CCN(C(=O)c2cncc(C#CCO)c2)CC1O. The number of carbonyl (C=O) groups excluding carboxylic acids is 1. The van der Waals surface area contributed by atoms with Gasteiger partial charge in [0.05, 0.1) is 11.7 Å². The number of rotatable bonds is 1. The summed E-state index contributed by atoms with van der Waals surface area (Å²) < 4.78 is 0. The highest BCUT2D eigenvalue weighted by molar-refractivity contribution is 5.94. The van der Waals surface area contributed by atoms with Crippen molar-refractivity contribution in [3.05, 3.63) is 29.6 Å². The molecule has 1 saturated heterocycles. The van der Waals surface area contributed by atoms with Crippen LogP contribution < -0.4 is 0 Å². The summed E-state index contributed by atoms with van der Waals surface area (Å²) in [5.41, 5.74) is 1.05. The van der Waals surface area contributed by atoms with Crippen LogP contribution in [0.4, 0.5) is 0 Å². The molecule has 1 aromatic rings. The molecule has 1 aliphatic heterocycles. The molecular weight excluding hydrogens is 256 g/mol. The zero-order chi connectivity index (χ0) is 14.5. The molecular formula is C15H18N2O3. The van der Waals surface area contributed by atoms with E-state index in [1.54, 1.807) is 17.2 Å². The van der Waals surface area contributed by atoms with Crippen molar-refractivity contribution in [1.82, 2.24) is 9.88 Å². The van der Waals surface area contributed by atoms with Crippen LogP contribution in [0, 0.1) is 17.8 Å². The zero-order valence-electron chi connectivity index (χ0n) is 11.4. The largest absolute Gasteiger partial charge is 0.391 e. The third kappa shape index (κ3) is 3.35. The highest BCUT2D eigenvalue weighted by Gasteiger charge is 2.27. The Kier molecular flexibility index (Phi) is 4.72. The van der Waals surface area contributed by atoms with Crippen LogP contribution >= 0.6 is 0 Å². The molecule has 0 saturated carbocycles. The molecule has 2 rings (SSSR count). The molecule has 2 atom stereocenters. The number of β-amino-alcohol motifs (C(OH)–C–C–N with tert-alkyl or cyclic N) is 1. The third-order valence-corrected chi connectivity index (χ3v) is 3.50. The Morgan fingerprint density at radius 2 is 2.35 bits per heavy atom. The average molecular weight is 274 g/mol. The van der Waals surface area contributed by atoms with E-state index in [1.807, 2.05) is 6.92 Å². The molecule has 0 bridgehead atoms. The quantitative estimate of drug-likeness (QED) is 0.721. The van der Waals surface area contributed by atoms with E-state index >= 15 is 0 Å². The lowest BCUT2D eigenvalue weighted by atomic mass is 9.95. The predicted octanol–water partition coefficient (Wildman–Crippen LogP) is 0.268. The molecule has 0 aromatic carbocycles. The highest BCUT2D eigenvalue weighted by atomic mass is 16.3. The number of nitrogens with zero attached hydrogens (tertiary/aromatic N) is 2. The highest BCUT2D eigenvalue weighted by Crippen LogP contribution is 2.19. The van der Waals surface area contributed by atoms with Crippen molar-refractivity contribution in [3.63, 3.8) is 0 Å². The molecule has 2 unspecified atom stereocenters. The fourth-order valence-corrected chi connectivity index (χ4v) is 2.18. The topological polar surface area (TPSA) is 73.7 Å². The van der Waals surface area contributed by atoms with Crippen molar-refractivity contribution in [3.8, 4) is 11.8 Å². The monoisotopic (exact) mass is 274 g/mol. The van der Waals surface area contributed by atoms with Gasteiger partial charge in [-0.3, -0.25) is 9.78 Å². The minimum absolute atomic E-state index is 0.143. The number of amides is 1. The summed E-state index contributed by atoms with van der Waals surface area (Å²) in [6.45, 7) is 2.75. The molecule has 0 spiro atoms. The molecule has 106 valence electrons. The van der Waals surface area contributed by atoms with E-state index in [9.17, 15) is 9.90 Å². The van der Waals surface area contributed by atoms with E-state index in [2.05, 4.69) is 16.8 Å². The van der Waals surface area contributed by atoms with Gasteiger partial charge in [-0.15, -0.1) is 0 Å². The molecule has 1 fully saturated rings. The standard InChI is InChI=1S/C15H18N2O3/c1-11-4-5-17(10-14(11)19)15(20)13-7-12(3-2-6-18)8-16-9-13/h7-9,11,14,18-19H,4-6,10H2,1H3. The van der Waals surface area contributed by atoms with Gasteiger partial charge in [0, 0.05) is 31.0 Å². The predicted molar refractivity (Wildman–Crippen MR) is 73.9 cm³/mol. The van der Waals surface area contributed by atoms with Crippen molar-refractivity contribution in [2.24, 2.45) is 5.92 Å². The van der Waals surface area contributed by atoms with Crippen molar-refractivity contribution >= 4 is 5.91 Å². The Morgan fingerprint density at radius 3 is 3.05 bits per heavy atom. The summed E-state index contributed by atoms with van der Waals surface area (Å²) in [5, 5.41) is 18.5. The van der Waals surface area contributed by atoms with Crippen molar-refractivity contribution in [1.29, 1.82) is 0 Å². The molecule has 2 N–H and O–H groups in total. The molecule has 5 nitrogen and oxygen atoms in total.